The average Bonchev–Trinajstić information content (AvgIpc) is 3.04. The molecule has 0 aliphatic heterocycles. The zero-order valence-corrected chi connectivity index (χ0v) is 28.6. The highest BCUT2D eigenvalue weighted by molar-refractivity contribution is 5.97. The van der Waals surface area contributed by atoms with Crippen LogP contribution in [0.15, 0.2) is 71.0 Å². The number of aromatic hydroxyl groups is 1. The number of aryl methyl sites for hydroxylation is 4. The maximum atomic E-state index is 9.98. The van der Waals surface area contributed by atoms with E-state index in [1.54, 1.807) is 32.4 Å². The second-order valence-electron chi connectivity index (χ2n) is 10.7. The van der Waals surface area contributed by atoms with Gasteiger partial charge in [0.2, 0.25) is 0 Å². The van der Waals surface area contributed by atoms with E-state index in [9.17, 15) is 5.11 Å². The van der Waals surface area contributed by atoms with E-state index in [0.717, 1.165) is 39.5 Å². The van der Waals surface area contributed by atoms with Crippen molar-refractivity contribution in [3.05, 3.63) is 106 Å². The van der Waals surface area contributed by atoms with Crippen molar-refractivity contribution in [3.63, 3.8) is 0 Å². The van der Waals surface area contributed by atoms with Crippen LogP contribution in [0.3, 0.4) is 0 Å². The Morgan fingerprint density at radius 1 is 0.681 bits per heavy atom. The average molecular weight is 645 g/mol. The Morgan fingerprint density at radius 3 is 1.66 bits per heavy atom. The van der Waals surface area contributed by atoms with E-state index in [0.29, 0.717) is 34.2 Å². The highest BCUT2D eigenvalue weighted by atomic mass is 16.7. The molecule has 2 aromatic carbocycles. The number of aromatic nitrogens is 2. The molecule has 0 saturated heterocycles. The van der Waals surface area contributed by atoms with Crippen LogP contribution in [0.1, 0.15) is 58.9 Å². The maximum Gasteiger partial charge on any atom is 0.188 e. The predicted octanol–water partition coefficient (Wildman–Crippen LogP) is 6.98. The maximum absolute atomic E-state index is 9.98. The number of nitrogens with zero attached hydrogens (tertiary/aromatic N) is 4. The van der Waals surface area contributed by atoms with Gasteiger partial charge in [-0.25, -0.2) is 0 Å². The van der Waals surface area contributed by atoms with E-state index < -0.39 is 0 Å². The topological polar surface area (TPSA) is 126 Å². The van der Waals surface area contributed by atoms with Crippen molar-refractivity contribution in [2.75, 3.05) is 28.1 Å². The van der Waals surface area contributed by atoms with Gasteiger partial charge in [-0.1, -0.05) is 34.6 Å². The summed E-state index contributed by atoms with van der Waals surface area (Å²) in [5.74, 6) is 1.69. The quantitative estimate of drug-likeness (QED) is 0.0931. The van der Waals surface area contributed by atoms with E-state index in [1.165, 1.54) is 7.11 Å². The van der Waals surface area contributed by atoms with Gasteiger partial charge in [-0.15, -0.1) is 0 Å². The van der Waals surface area contributed by atoms with Gasteiger partial charge >= 0.3 is 0 Å². The molecule has 0 aliphatic rings. The molecule has 250 valence electrons. The Bertz CT molecular complexity index is 1650. The molecule has 4 aromatic rings. The number of hydrogen-bond donors (Lipinski definition) is 1. The minimum atomic E-state index is 0.0716. The van der Waals surface area contributed by atoms with Crippen molar-refractivity contribution >= 4 is 11.4 Å². The van der Waals surface area contributed by atoms with Crippen molar-refractivity contribution < 1.29 is 33.7 Å². The molecular weight excluding hydrogens is 600 g/mol. The normalized spacial score (nSPS) is 11.3. The molecule has 0 amide bonds. The Balaban J connectivity index is 0.000000257. The van der Waals surface area contributed by atoms with Gasteiger partial charge in [0.25, 0.3) is 0 Å². The Kier molecular flexibility index (Phi) is 14.0. The third-order valence-corrected chi connectivity index (χ3v) is 6.68. The van der Waals surface area contributed by atoms with E-state index in [-0.39, 0.29) is 25.8 Å². The van der Waals surface area contributed by atoms with Gasteiger partial charge in [-0.05, 0) is 89.1 Å². The fourth-order valence-corrected chi connectivity index (χ4v) is 4.51. The van der Waals surface area contributed by atoms with Crippen LogP contribution in [0.25, 0.3) is 0 Å². The van der Waals surface area contributed by atoms with Gasteiger partial charge in [0, 0.05) is 29.6 Å². The summed E-state index contributed by atoms with van der Waals surface area (Å²) in [7, 11) is 4.66. The molecule has 11 heteroatoms. The van der Waals surface area contributed by atoms with Crippen LogP contribution in [0.2, 0.25) is 0 Å². The number of oxime groups is 2. The fourth-order valence-electron chi connectivity index (χ4n) is 4.51. The second-order valence-corrected chi connectivity index (χ2v) is 10.7. The van der Waals surface area contributed by atoms with Crippen LogP contribution in [-0.4, -0.2) is 54.6 Å². The molecular formula is C36H44N4O7. The number of phenolic OH excluding ortho intramolecular Hbond substituents is 1. The summed E-state index contributed by atoms with van der Waals surface area (Å²) in [5, 5.41) is 18.2. The zero-order valence-electron chi connectivity index (χ0n) is 28.6. The molecule has 2 aromatic heterocycles. The van der Waals surface area contributed by atoms with Crippen LogP contribution in [0, 0.1) is 27.7 Å². The second kappa shape index (κ2) is 18.1. The molecule has 1 N–H and O–H groups in total. The number of methoxy groups -OCH3 is 3. The van der Waals surface area contributed by atoms with Crippen molar-refractivity contribution in [1.82, 2.24) is 9.97 Å². The first kappa shape index (κ1) is 36.3. The summed E-state index contributed by atoms with van der Waals surface area (Å²) >= 11 is 0. The molecule has 0 bridgehead atoms. The lowest BCUT2D eigenvalue weighted by Gasteiger charge is -2.14. The first-order chi connectivity index (χ1) is 22.6. The number of hydrogen-bond acceptors (Lipinski definition) is 11. The summed E-state index contributed by atoms with van der Waals surface area (Å²) in [6.45, 7) is 12.2. The molecule has 0 saturated carbocycles. The highest BCUT2D eigenvalue weighted by Crippen LogP contribution is 2.32. The lowest BCUT2D eigenvalue weighted by molar-refractivity contribution is 0.0457. The van der Waals surface area contributed by atoms with Gasteiger partial charge in [0.15, 0.2) is 29.8 Å². The zero-order chi connectivity index (χ0) is 34.3. The van der Waals surface area contributed by atoms with Crippen LogP contribution in [0.5, 0.6) is 23.0 Å². The van der Waals surface area contributed by atoms with Crippen molar-refractivity contribution in [1.29, 1.82) is 0 Å². The van der Waals surface area contributed by atoms with E-state index in [2.05, 4.69) is 20.3 Å². The molecule has 0 unspecified atom stereocenters. The highest BCUT2D eigenvalue weighted by Gasteiger charge is 2.12. The molecule has 0 fully saturated rings. The minimum absolute atomic E-state index is 0.0716. The van der Waals surface area contributed by atoms with Crippen molar-refractivity contribution in [3.8, 4) is 23.0 Å². The SMILES string of the molecule is COCOc1c(CO/N=C(\C)c2cc(C)cc(C)n2)cccc1OC.COc1cccc(CO/N=C(\C)c2cc(C)cc(C)n2)c1O. The number of benzene rings is 2. The van der Waals surface area contributed by atoms with Gasteiger partial charge in [0.05, 0.1) is 25.6 Å². The van der Waals surface area contributed by atoms with Crippen molar-refractivity contribution in [2.45, 2.75) is 54.8 Å². The van der Waals surface area contributed by atoms with E-state index in [4.69, 9.17) is 28.6 Å². The number of para-hydroxylation sites is 2. The molecule has 0 spiro atoms. The van der Waals surface area contributed by atoms with Crippen molar-refractivity contribution in [2.24, 2.45) is 10.3 Å². The van der Waals surface area contributed by atoms with Gasteiger partial charge < -0.3 is 33.7 Å². The summed E-state index contributed by atoms with van der Waals surface area (Å²) < 4.78 is 20.9. The van der Waals surface area contributed by atoms with Gasteiger partial charge in [-0.2, -0.15) is 0 Å². The third kappa shape index (κ3) is 11.0. The summed E-state index contributed by atoms with van der Waals surface area (Å²) in [5.41, 5.74) is 8.59. The Hall–Kier alpha value is -5.16. The van der Waals surface area contributed by atoms with Crippen LogP contribution >= 0.6 is 0 Å². The molecule has 0 radical (unpaired) electrons. The summed E-state index contributed by atoms with van der Waals surface area (Å²) in [4.78, 5) is 19.7. The van der Waals surface area contributed by atoms with Crippen LogP contribution in [0.4, 0.5) is 0 Å². The molecule has 47 heavy (non-hydrogen) atoms. The molecule has 0 aliphatic carbocycles. The summed E-state index contributed by atoms with van der Waals surface area (Å²) in [6.07, 6.45) is 0. The molecule has 0 atom stereocenters. The Labute approximate surface area is 276 Å². The molecule has 11 nitrogen and oxygen atoms in total. The first-order valence-electron chi connectivity index (χ1n) is 14.9. The van der Waals surface area contributed by atoms with E-state index in [1.807, 2.05) is 84.0 Å². The number of phenols is 1. The number of rotatable bonds is 13. The van der Waals surface area contributed by atoms with Crippen LogP contribution < -0.4 is 14.2 Å². The smallest absolute Gasteiger partial charge is 0.188 e. The van der Waals surface area contributed by atoms with Crippen LogP contribution in [-0.2, 0) is 27.6 Å². The fraction of sp³-hybridized carbons (Fsp3) is 0.333. The third-order valence-electron chi connectivity index (χ3n) is 6.68. The van der Waals surface area contributed by atoms with Gasteiger partial charge in [0.1, 0.15) is 24.6 Å². The lowest BCUT2D eigenvalue weighted by atomic mass is 10.2. The lowest BCUT2D eigenvalue weighted by Crippen LogP contribution is -2.05. The predicted molar refractivity (Wildman–Crippen MR) is 182 cm³/mol. The minimum Gasteiger partial charge on any atom is -0.504 e. The van der Waals surface area contributed by atoms with E-state index >= 15 is 0 Å². The largest absolute Gasteiger partial charge is 0.504 e. The molecule has 4 rings (SSSR count). The number of pyridine rings is 2. The molecule has 2 heterocycles. The monoisotopic (exact) mass is 644 g/mol. The first-order valence-corrected chi connectivity index (χ1v) is 14.9. The van der Waals surface area contributed by atoms with Gasteiger partial charge in [-0.3, -0.25) is 9.97 Å². The number of ether oxygens (including phenoxy) is 4. The Morgan fingerprint density at radius 2 is 1.17 bits per heavy atom. The standard InChI is InChI=1S/C19H24N2O4.C17H20N2O3/c1-13-9-14(2)20-17(10-13)15(3)21-25-11-16-7-6-8-18(23-5)19(16)24-12-22-4;1-11-8-12(2)18-15(9-11)13(3)19-22-10-14-6-5-7-16(21-4)17(14)20/h6-10H,11-12H2,1-5H3;5-9,20H,10H2,1-4H3/b21-15+;19-13+. The summed E-state index contributed by atoms with van der Waals surface area (Å²) in [6, 6.07) is 18.8.